The molecule has 4 rings (SSSR count). The van der Waals surface area contributed by atoms with Crippen LogP contribution < -0.4 is 10.0 Å². The van der Waals surface area contributed by atoms with Crippen LogP contribution in [0, 0.1) is 5.21 Å². The molecular formula is C20H17N3O2. The average molecular weight is 331 g/mol. The van der Waals surface area contributed by atoms with Crippen molar-refractivity contribution in [2.75, 3.05) is 5.32 Å². The number of anilines is 1. The van der Waals surface area contributed by atoms with Crippen molar-refractivity contribution in [2.45, 2.75) is 13.5 Å². The zero-order valence-electron chi connectivity index (χ0n) is 13.8. The minimum atomic E-state index is -0.237. The van der Waals surface area contributed by atoms with Crippen molar-refractivity contribution in [1.29, 1.82) is 0 Å². The zero-order valence-corrected chi connectivity index (χ0v) is 13.8. The van der Waals surface area contributed by atoms with Gasteiger partial charge in [0.15, 0.2) is 12.4 Å². The van der Waals surface area contributed by atoms with Crippen LogP contribution in [-0.2, 0) is 6.54 Å². The van der Waals surface area contributed by atoms with Gasteiger partial charge in [-0.2, -0.15) is 4.73 Å². The van der Waals surface area contributed by atoms with Gasteiger partial charge in [-0.05, 0) is 31.2 Å². The van der Waals surface area contributed by atoms with Gasteiger partial charge < -0.3 is 15.1 Å². The van der Waals surface area contributed by atoms with E-state index >= 15 is 0 Å². The molecule has 0 saturated heterocycles. The summed E-state index contributed by atoms with van der Waals surface area (Å²) >= 11 is 0. The van der Waals surface area contributed by atoms with Crippen molar-refractivity contribution >= 4 is 33.4 Å². The van der Waals surface area contributed by atoms with Crippen LogP contribution in [0.25, 0.3) is 21.8 Å². The Labute approximate surface area is 144 Å². The molecule has 0 unspecified atom stereocenters. The molecule has 0 radical (unpaired) electrons. The molecule has 0 atom stereocenters. The number of aryl methyl sites for hydroxylation is 1. The molecule has 2 heterocycles. The summed E-state index contributed by atoms with van der Waals surface area (Å²) in [5.41, 5.74) is 3.51. The van der Waals surface area contributed by atoms with Gasteiger partial charge in [-0.25, -0.2) is 0 Å². The molecule has 25 heavy (non-hydrogen) atoms. The number of aromatic nitrogens is 2. The van der Waals surface area contributed by atoms with E-state index in [2.05, 4.69) is 28.9 Å². The van der Waals surface area contributed by atoms with Gasteiger partial charge in [-0.15, -0.1) is 0 Å². The fourth-order valence-electron chi connectivity index (χ4n) is 3.24. The van der Waals surface area contributed by atoms with Crippen LogP contribution in [0.5, 0.6) is 0 Å². The van der Waals surface area contributed by atoms with Crippen LogP contribution >= 0.6 is 0 Å². The largest absolute Gasteiger partial charge is 0.619 e. The Kier molecular flexibility index (Phi) is 3.61. The number of rotatable bonds is 3. The second-order valence-electron chi connectivity index (χ2n) is 5.89. The van der Waals surface area contributed by atoms with E-state index in [4.69, 9.17) is 0 Å². The topological polar surface area (TPSA) is 61.0 Å². The van der Waals surface area contributed by atoms with Gasteiger partial charge in [0.1, 0.15) is 0 Å². The molecule has 0 aliphatic heterocycles. The highest BCUT2D eigenvalue weighted by molar-refractivity contribution is 6.11. The second-order valence-corrected chi connectivity index (χ2v) is 5.89. The van der Waals surface area contributed by atoms with Crippen molar-refractivity contribution in [3.05, 3.63) is 77.8 Å². The quantitative estimate of drug-likeness (QED) is 0.459. The smallest absolute Gasteiger partial charge is 0.256 e. The lowest BCUT2D eigenvalue weighted by atomic mass is 10.1. The lowest BCUT2D eigenvalue weighted by molar-refractivity contribution is -0.605. The lowest BCUT2D eigenvalue weighted by Gasteiger charge is -2.07. The number of fused-ring (bicyclic) bond motifs is 3. The number of carbonyl (C=O) groups excluding carboxylic acids is 1. The van der Waals surface area contributed by atoms with E-state index in [1.54, 1.807) is 0 Å². The highest BCUT2D eigenvalue weighted by Crippen LogP contribution is 2.31. The summed E-state index contributed by atoms with van der Waals surface area (Å²) in [7, 11) is 0. The van der Waals surface area contributed by atoms with Crippen molar-refractivity contribution < 1.29 is 9.52 Å². The number of hydrogen-bond donors (Lipinski definition) is 1. The van der Waals surface area contributed by atoms with E-state index in [1.807, 2.05) is 30.3 Å². The van der Waals surface area contributed by atoms with Crippen LogP contribution in [0.15, 0.2) is 67.0 Å². The van der Waals surface area contributed by atoms with Gasteiger partial charge in [0, 0.05) is 46.2 Å². The third-order valence-electron chi connectivity index (χ3n) is 4.41. The first kappa shape index (κ1) is 15.2. The summed E-state index contributed by atoms with van der Waals surface area (Å²) in [5, 5.41) is 16.3. The van der Waals surface area contributed by atoms with Gasteiger partial charge >= 0.3 is 0 Å². The van der Waals surface area contributed by atoms with Gasteiger partial charge in [-0.3, -0.25) is 4.79 Å². The number of benzene rings is 2. The first-order valence-electron chi connectivity index (χ1n) is 8.18. The summed E-state index contributed by atoms with van der Waals surface area (Å²) in [6.07, 6.45) is 2.62. The number of hydrogen-bond acceptors (Lipinski definition) is 2. The molecule has 5 nitrogen and oxygen atoms in total. The van der Waals surface area contributed by atoms with E-state index in [-0.39, 0.29) is 5.91 Å². The van der Waals surface area contributed by atoms with Crippen molar-refractivity contribution in [3.63, 3.8) is 0 Å². The Bertz CT molecular complexity index is 1080. The Morgan fingerprint density at radius 3 is 2.52 bits per heavy atom. The molecule has 4 aromatic rings. The maximum absolute atomic E-state index is 12.4. The van der Waals surface area contributed by atoms with Crippen LogP contribution in [0.1, 0.15) is 17.3 Å². The summed E-state index contributed by atoms with van der Waals surface area (Å²) < 4.78 is 2.92. The molecule has 0 spiro atoms. The van der Waals surface area contributed by atoms with Crippen molar-refractivity contribution in [2.24, 2.45) is 0 Å². The number of pyridine rings is 1. The zero-order chi connectivity index (χ0) is 17.4. The average Bonchev–Trinajstić information content (AvgIpc) is 2.95. The normalized spacial score (nSPS) is 11.1. The fourth-order valence-corrected chi connectivity index (χ4v) is 3.24. The molecule has 124 valence electrons. The number of nitrogens with one attached hydrogen (secondary N) is 1. The maximum atomic E-state index is 12.4. The summed E-state index contributed by atoms with van der Waals surface area (Å²) in [4.78, 5) is 12.4. The summed E-state index contributed by atoms with van der Waals surface area (Å²) in [5.74, 6) is -0.237. The molecule has 1 N–H and O–H groups in total. The number of carbonyl (C=O) groups is 1. The molecule has 0 saturated carbocycles. The lowest BCUT2D eigenvalue weighted by Crippen LogP contribution is -2.25. The van der Waals surface area contributed by atoms with Crippen LogP contribution in [0.2, 0.25) is 0 Å². The van der Waals surface area contributed by atoms with E-state index < -0.39 is 0 Å². The standard InChI is InChI=1S/C20H17N3O2/c1-2-23-18-6-4-3-5-16(18)17-13-15(7-8-19(17)23)21-20(24)14-9-11-22(25)12-10-14/h3-13H,2H2,1H3,(H,21,24). The molecule has 0 aliphatic rings. The predicted octanol–water partition coefficient (Wildman–Crippen LogP) is 3.70. The monoisotopic (exact) mass is 331 g/mol. The molecule has 1 amide bonds. The van der Waals surface area contributed by atoms with E-state index in [0.29, 0.717) is 10.3 Å². The Balaban J connectivity index is 1.75. The second kappa shape index (κ2) is 5.94. The Hall–Kier alpha value is -3.34. The van der Waals surface area contributed by atoms with Crippen LogP contribution in [-0.4, -0.2) is 10.5 Å². The Morgan fingerprint density at radius 2 is 1.76 bits per heavy atom. The summed E-state index contributed by atoms with van der Waals surface area (Å²) in [6.45, 7) is 3.01. The van der Waals surface area contributed by atoms with E-state index in [0.717, 1.165) is 23.1 Å². The minimum absolute atomic E-state index is 0.237. The molecule has 0 fully saturated rings. The number of amides is 1. The molecule has 2 aromatic carbocycles. The highest BCUT2D eigenvalue weighted by atomic mass is 16.5. The molecule has 0 aliphatic carbocycles. The fraction of sp³-hybridized carbons (Fsp3) is 0.100. The van der Waals surface area contributed by atoms with Crippen LogP contribution in [0.4, 0.5) is 5.69 Å². The maximum Gasteiger partial charge on any atom is 0.256 e. The molecular weight excluding hydrogens is 314 g/mol. The summed E-state index contributed by atoms with van der Waals surface area (Å²) in [6, 6.07) is 17.2. The van der Waals surface area contributed by atoms with Gasteiger partial charge in [0.2, 0.25) is 0 Å². The van der Waals surface area contributed by atoms with Crippen molar-refractivity contribution in [1.82, 2.24) is 4.57 Å². The number of para-hydroxylation sites is 1. The third-order valence-corrected chi connectivity index (χ3v) is 4.41. The third kappa shape index (κ3) is 2.59. The van der Waals surface area contributed by atoms with Gasteiger partial charge in [-0.1, -0.05) is 18.2 Å². The molecule has 2 aromatic heterocycles. The van der Waals surface area contributed by atoms with Crippen LogP contribution in [0.3, 0.4) is 0 Å². The van der Waals surface area contributed by atoms with Crippen molar-refractivity contribution in [3.8, 4) is 0 Å². The van der Waals surface area contributed by atoms with E-state index in [1.165, 1.54) is 35.4 Å². The number of nitrogens with zero attached hydrogens (tertiary/aromatic N) is 2. The first-order valence-corrected chi connectivity index (χ1v) is 8.18. The molecule has 0 bridgehead atoms. The highest BCUT2D eigenvalue weighted by Gasteiger charge is 2.12. The molecule has 5 heteroatoms. The Morgan fingerprint density at radius 1 is 1.04 bits per heavy atom. The first-order chi connectivity index (χ1) is 12.2. The predicted molar refractivity (Wildman–Crippen MR) is 98.5 cm³/mol. The minimum Gasteiger partial charge on any atom is -0.619 e. The van der Waals surface area contributed by atoms with Gasteiger partial charge in [0.25, 0.3) is 5.91 Å². The van der Waals surface area contributed by atoms with E-state index in [9.17, 15) is 10.0 Å². The van der Waals surface area contributed by atoms with Gasteiger partial charge in [0.05, 0.1) is 5.56 Å². The SMILES string of the molecule is CCn1c2ccccc2c2cc(NC(=O)c3cc[n+]([O-])cc3)ccc21.